The Bertz CT molecular complexity index is 574. The van der Waals surface area contributed by atoms with E-state index < -0.39 is 0 Å². The summed E-state index contributed by atoms with van der Waals surface area (Å²) < 4.78 is 1.97. The lowest BCUT2D eigenvalue weighted by Crippen LogP contribution is -2.49. The van der Waals surface area contributed by atoms with Crippen molar-refractivity contribution in [2.24, 2.45) is 5.92 Å². The highest BCUT2D eigenvalue weighted by Crippen LogP contribution is 2.34. The quantitative estimate of drug-likeness (QED) is 0.775. The molecule has 0 spiro atoms. The predicted molar refractivity (Wildman–Crippen MR) is 96.2 cm³/mol. The Kier molecular flexibility index (Phi) is 5.83. The van der Waals surface area contributed by atoms with Crippen molar-refractivity contribution in [3.63, 3.8) is 0 Å². The van der Waals surface area contributed by atoms with Crippen molar-refractivity contribution < 1.29 is 5.11 Å². The third-order valence-corrected chi connectivity index (χ3v) is 6.17. The molecule has 1 aromatic heterocycles. The molecule has 1 fully saturated rings. The standard InChI is InChI=1S/C18H28N2O2S/c1-2-3-7-23-13-16(21)12-19-9-14-8-15(11-19)17-5-4-6-18(22)20(17)10-14/h4-6,14-16,21H,2-3,7-13H2,1H3/t14-,15-,16?/m0/s1. The molecule has 23 heavy (non-hydrogen) atoms. The number of aliphatic hydroxyl groups is 1. The molecule has 2 bridgehead atoms. The summed E-state index contributed by atoms with van der Waals surface area (Å²) in [5.41, 5.74) is 1.32. The summed E-state index contributed by atoms with van der Waals surface area (Å²) in [7, 11) is 0. The SMILES string of the molecule is CCCCSCC(O)CN1C[C@@H]2C[C@@H](C1)c1cccc(=O)n1C2. The van der Waals surface area contributed by atoms with E-state index in [4.69, 9.17) is 0 Å². The van der Waals surface area contributed by atoms with Crippen molar-refractivity contribution in [2.75, 3.05) is 31.1 Å². The first-order valence-corrected chi connectivity index (χ1v) is 10.0. The Balaban J connectivity index is 1.56. The van der Waals surface area contributed by atoms with Gasteiger partial charge in [0.15, 0.2) is 0 Å². The fourth-order valence-corrected chi connectivity index (χ4v) is 5.00. The molecule has 2 aliphatic rings. The van der Waals surface area contributed by atoms with E-state index >= 15 is 0 Å². The van der Waals surface area contributed by atoms with Gasteiger partial charge in [-0.15, -0.1) is 0 Å². The molecule has 4 nitrogen and oxygen atoms in total. The van der Waals surface area contributed by atoms with E-state index in [0.29, 0.717) is 11.8 Å². The minimum Gasteiger partial charge on any atom is -0.391 e. The van der Waals surface area contributed by atoms with E-state index in [-0.39, 0.29) is 11.7 Å². The molecule has 0 saturated carbocycles. The van der Waals surface area contributed by atoms with Crippen LogP contribution < -0.4 is 5.56 Å². The van der Waals surface area contributed by atoms with Gasteiger partial charge >= 0.3 is 0 Å². The van der Waals surface area contributed by atoms with Crippen LogP contribution in [0.25, 0.3) is 0 Å². The molecule has 1 aromatic rings. The second-order valence-electron chi connectivity index (χ2n) is 7.00. The summed E-state index contributed by atoms with van der Waals surface area (Å²) in [5, 5.41) is 10.3. The Morgan fingerprint density at radius 1 is 1.35 bits per heavy atom. The van der Waals surface area contributed by atoms with Gasteiger partial charge in [-0.05, 0) is 30.6 Å². The lowest BCUT2D eigenvalue weighted by Gasteiger charge is -2.43. The minimum atomic E-state index is -0.242. The van der Waals surface area contributed by atoms with Crippen molar-refractivity contribution >= 4 is 11.8 Å². The van der Waals surface area contributed by atoms with E-state index in [2.05, 4.69) is 17.9 Å². The third kappa shape index (κ3) is 4.20. The number of hydrogen-bond acceptors (Lipinski definition) is 4. The number of unbranched alkanes of at least 4 members (excludes halogenated alkanes) is 1. The zero-order valence-corrected chi connectivity index (χ0v) is 14.8. The van der Waals surface area contributed by atoms with Gasteiger partial charge in [-0.2, -0.15) is 11.8 Å². The van der Waals surface area contributed by atoms with Gasteiger partial charge in [0.1, 0.15) is 0 Å². The number of fused-ring (bicyclic) bond motifs is 4. The van der Waals surface area contributed by atoms with Crippen LogP contribution in [0.3, 0.4) is 0 Å². The number of piperidine rings is 1. The molecule has 128 valence electrons. The average Bonchev–Trinajstić information content (AvgIpc) is 2.53. The van der Waals surface area contributed by atoms with Crippen LogP contribution in [0.1, 0.15) is 37.8 Å². The second kappa shape index (κ2) is 7.86. The van der Waals surface area contributed by atoms with Crippen LogP contribution in [0, 0.1) is 5.92 Å². The third-order valence-electron chi connectivity index (χ3n) is 4.98. The Morgan fingerprint density at radius 2 is 2.22 bits per heavy atom. The van der Waals surface area contributed by atoms with Crippen molar-refractivity contribution in [3.05, 3.63) is 34.2 Å². The van der Waals surface area contributed by atoms with Gasteiger partial charge in [0, 0.05) is 49.6 Å². The zero-order valence-electron chi connectivity index (χ0n) is 14.0. The summed E-state index contributed by atoms with van der Waals surface area (Å²) in [6, 6.07) is 5.65. The zero-order chi connectivity index (χ0) is 16.2. The van der Waals surface area contributed by atoms with Gasteiger partial charge in [0.05, 0.1) is 6.10 Å². The molecule has 0 amide bonds. The van der Waals surface area contributed by atoms with Crippen molar-refractivity contribution in [1.82, 2.24) is 9.47 Å². The summed E-state index contributed by atoms with van der Waals surface area (Å²) in [5.74, 6) is 2.97. The van der Waals surface area contributed by atoms with Crippen molar-refractivity contribution in [2.45, 2.75) is 44.8 Å². The molecule has 2 aliphatic heterocycles. The molecular weight excluding hydrogens is 308 g/mol. The molecule has 3 rings (SSSR count). The molecule has 1 N–H and O–H groups in total. The number of aromatic nitrogens is 1. The Morgan fingerprint density at radius 3 is 3.04 bits per heavy atom. The van der Waals surface area contributed by atoms with Crippen LogP contribution in [0.2, 0.25) is 0 Å². The fourth-order valence-electron chi connectivity index (χ4n) is 3.96. The molecule has 0 aliphatic carbocycles. The topological polar surface area (TPSA) is 45.5 Å². The Labute approximate surface area is 142 Å². The first-order valence-electron chi connectivity index (χ1n) is 8.85. The largest absolute Gasteiger partial charge is 0.391 e. The van der Waals surface area contributed by atoms with E-state index in [1.807, 2.05) is 22.4 Å². The van der Waals surface area contributed by atoms with Gasteiger partial charge in [-0.1, -0.05) is 19.4 Å². The highest BCUT2D eigenvalue weighted by Gasteiger charge is 2.34. The van der Waals surface area contributed by atoms with E-state index in [1.165, 1.54) is 25.0 Å². The van der Waals surface area contributed by atoms with Crippen molar-refractivity contribution in [3.8, 4) is 0 Å². The molecule has 5 heteroatoms. The van der Waals surface area contributed by atoms with Gasteiger partial charge in [-0.3, -0.25) is 9.69 Å². The smallest absolute Gasteiger partial charge is 0.250 e. The van der Waals surface area contributed by atoms with E-state index in [9.17, 15) is 9.90 Å². The van der Waals surface area contributed by atoms with Crippen LogP contribution in [0.15, 0.2) is 23.0 Å². The van der Waals surface area contributed by atoms with Crippen LogP contribution >= 0.6 is 11.8 Å². The van der Waals surface area contributed by atoms with Crippen LogP contribution in [-0.4, -0.2) is 51.8 Å². The monoisotopic (exact) mass is 336 g/mol. The minimum absolute atomic E-state index is 0.137. The molecule has 3 atom stereocenters. The maximum atomic E-state index is 12.0. The lowest BCUT2D eigenvalue weighted by molar-refractivity contribution is 0.0717. The van der Waals surface area contributed by atoms with Gasteiger partial charge < -0.3 is 9.67 Å². The molecular formula is C18H28N2O2S. The number of aliphatic hydroxyl groups excluding tert-OH is 1. The number of β-amino-alcohol motifs (C(OH)–C–C–N with tert-alkyl or cyclic N) is 1. The average molecular weight is 337 g/mol. The number of rotatable bonds is 7. The van der Waals surface area contributed by atoms with Gasteiger partial charge in [0.25, 0.3) is 5.56 Å². The first kappa shape index (κ1) is 17.1. The highest BCUT2D eigenvalue weighted by molar-refractivity contribution is 7.99. The predicted octanol–water partition coefficient (Wildman–Crippen LogP) is 2.16. The second-order valence-corrected chi connectivity index (χ2v) is 8.15. The maximum Gasteiger partial charge on any atom is 0.250 e. The summed E-state index contributed by atoms with van der Waals surface area (Å²) in [6.07, 6.45) is 3.39. The number of pyridine rings is 1. The van der Waals surface area contributed by atoms with E-state index in [0.717, 1.165) is 37.7 Å². The van der Waals surface area contributed by atoms with Crippen LogP contribution in [0.5, 0.6) is 0 Å². The fraction of sp³-hybridized carbons (Fsp3) is 0.722. The molecule has 1 saturated heterocycles. The summed E-state index contributed by atoms with van der Waals surface area (Å²) >= 11 is 1.86. The maximum absolute atomic E-state index is 12.0. The number of hydrogen-bond donors (Lipinski definition) is 1. The number of nitrogens with zero attached hydrogens (tertiary/aromatic N) is 2. The first-order chi connectivity index (χ1) is 11.2. The van der Waals surface area contributed by atoms with Crippen LogP contribution in [-0.2, 0) is 6.54 Å². The normalized spacial score (nSPS) is 25.1. The Hall–Kier alpha value is -0.780. The summed E-state index contributed by atoms with van der Waals surface area (Å²) in [4.78, 5) is 14.4. The molecule has 3 heterocycles. The highest BCUT2D eigenvalue weighted by atomic mass is 32.2. The molecule has 1 unspecified atom stereocenters. The number of likely N-dealkylation sites (tertiary alicyclic amines) is 1. The summed E-state index contributed by atoms with van der Waals surface area (Å²) in [6.45, 7) is 5.78. The molecule has 0 radical (unpaired) electrons. The van der Waals surface area contributed by atoms with Crippen molar-refractivity contribution in [1.29, 1.82) is 0 Å². The van der Waals surface area contributed by atoms with Gasteiger partial charge in [-0.25, -0.2) is 0 Å². The molecule has 0 aromatic carbocycles. The van der Waals surface area contributed by atoms with Gasteiger partial charge in [0.2, 0.25) is 0 Å². The lowest BCUT2D eigenvalue weighted by atomic mass is 9.83. The van der Waals surface area contributed by atoms with E-state index in [1.54, 1.807) is 6.07 Å². The van der Waals surface area contributed by atoms with Crippen LogP contribution in [0.4, 0.5) is 0 Å². The number of thioether (sulfide) groups is 1.